The molecule has 1 N–H and O–H groups in total. The van der Waals surface area contributed by atoms with E-state index in [-0.39, 0.29) is 5.92 Å². The Balaban J connectivity index is 1.67. The van der Waals surface area contributed by atoms with Crippen LogP contribution in [-0.2, 0) is 11.2 Å². The molecule has 0 aromatic heterocycles. The molecule has 110 valence electrons. The van der Waals surface area contributed by atoms with Gasteiger partial charge in [0.15, 0.2) is 0 Å². The van der Waals surface area contributed by atoms with E-state index in [0.717, 1.165) is 38.8 Å². The lowest BCUT2D eigenvalue weighted by Crippen LogP contribution is -2.38. The highest BCUT2D eigenvalue weighted by atomic mass is 16.2. The predicted molar refractivity (Wildman–Crippen MR) is 82.6 cm³/mol. The number of aryl methyl sites for hydroxylation is 1. The van der Waals surface area contributed by atoms with Gasteiger partial charge in [-0.15, -0.1) is 0 Å². The fourth-order valence-electron chi connectivity index (χ4n) is 2.91. The van der Waals surface area contributed by atoms with Gasteiger partial charge in [0, 0.05) is 19.6 Å². The normalized spacial score (nSPS) is 21.9. The summed E-state index contributed by atoms with van der Waals surface area (Å²) in [5.41, 5.74) is 1.38. The van der Waals surface area contributed by atoms with Crippen molar-refractivity contribution in [2.45, 2.75) is 38.6 Å². The average Bonchev–Trinajstić information content (AvgIpc) is 2.90. The molecule has 1 heterocycles. The largest absolute Gasteiger partial charge is 0.345 e. The molecule has 20 heavy (non-hydrogen) atoms. The fraction of sp³-hybridized carbons (Fsp3) is 0.588. The Morgan fingerprint density at radius 2 is 2.05 bits per heavy atom. The topological polar surface area (TPSA) is 32.3 Å². The summed E-state index contributed by atoms with van der Waals surface area (Å²) in [6.45, 7) is 3.95. The number of nitrogens with zero attached hydrogens (tertiary/aromatic N) is 1. The number of benzene rings is 1. The van der Waals surface area contributed by atoms with Crippen LogP contribution >= 0.6 is 0 Å². The van der Waals surface area contributed by atoms with Crippen LogP contribution in [0.3, 0.4) is 0 Å². The van der Waals surface area contributed by atoms with Crippen LogP contribution in [0, 0.1) is 5.92 Å². The van der Waals surface area contributed by atoms with Crippen LogP contribution in [0.25, 0.3) is 0 Å². The Hall–Kier alpha value is -1.35. The van der Waals surface area contributed by atoms with Crippen LogP contribution in [0.4, 0.5) is 0 Å². The van der Waals surface area contributed by atoms with Gasteiger partial charge in [0.1, 0.15) is 0 Å². The molecule has 2 atom stereocenters. The second-order valence-electron chi connectivity index (χ2n) is 5.84. The standard InChI is InChI=1S/C17H26N2O/c1-14-16(11-12-18-14)17(20)19(2)13-7-6-10-15-8-4-3-5-9-15/h3-5,8-9,14,16,18H,6-7,10-13H2,1-2H3. The Labute approximate surface area is 122 Å². The van der Waals surface area contributed by atoms with E-state index in [0.29, 0.717) is 11.9 Å². The van der Waals surface area contributed by atoms with Crippen LogP contribution in [-0.4, -0.2) is 37.0 Å². The highest BCUT2D eigenvalue weighted by Crippen LogP contribution is 2.17. The van der Waals surface area contributed by atoms with Crippen molar-refractivity contribution in [3.05, 3.63) is 35.9 Å². The molecule has 1 fully saturated rings. The molecule has 1 saturated heterocycles. The molecular formula is C17H26N2O. The Bertz CT molecular complexity index is 418. The number of carbonyl (C=O) groups is 1. The van der Waals surface area contributed by atoms with Crippen molar-refractivity contribution >= 4 is 5.91 Å². The van der Waals surface area contributed by atoms with Gasteiger partial charge in [-0.1, -0.05) is 30.3 Å². The maximum Gasteiger partial charge on any atom is 0.227 e. The molecule has 1 amide bonds. The predicted octanol–water partition coefficient (Wildman–Crippen LogP) is 2.47. The van der Waals surface area contributed by atoms with Crippen molar-refractivity contribution in [1.82, 2.24) is 10.2 Å². The lowest BCUT2D eigenvalue weighted by atomic mass is 10.0. The number of amides is 1. The number of nitrogens with one attached hydrogen (secondary N) is 1. The third-order valence-corrected chi connectivity index (χ3v) is 4.27. The van der Waals surface area contributed by atoms with Crippen LogP contribution in [0.1, 0.15) is 31.7 Å². The minimum Gasteiger partial charge on any atom is -0.345 e. The second kappa shape index (κ2) is 7.44. The molecule has 3 nitrogen and oxygen atoms in total. The molecule has 1 aromatic rings. The molecule has 0 saturated carbocycles. The van der Waals surface area contributed by atoms with Crippen molar-refractivity contribution in [3.8, 4) is 0 Å². The summed E-state index contributed by atoms with van der Waals surface area (Å²) in [6, 6.07) is 10.9. The maximum absolute atomic E-state index is 12.3. The number of unbranched alkanes of at least 4 members (excludes halogenated alkanes) is 1. The monoisotopic (exact) mass is 274 g/mol. The summed E-state index contributed by atoms with van der Waals surface area (Å²) in [5, 5.41) is 3.35. The highest BCUT2D eigenvalue weighted by molar-refractivity contribution is 5.79. The van der Waals surface area contributed by atoms with Gasteiger partial charge in [-0.2, -0.15) is 0 Å². The number of hydrogen-bond acceptors (Lipinski definition) is 2. The highest BCUT2D eigenvalue weighted by Gasteiger charge is 2.31. The first-order valence-electron chi connectivity index (χ1n) is 7.71. The first-order chi connectivity index (χ1) is 9.68. The first-order valence-corrected chi connectivity index (χ1v) is 7.71. The summed E-state index contributed by atoms with van der Waals surface area (Å²) >= 11 is 0. The summed E-state index contributed by atoms with van der Waals surface area (Å²) in [7, 11) is 1.94. The SMILES string of the molecule is CC1NCCC1C(=O)N(C)CCCCc1ccccc1. The molecule has 2 rings (SSSR count). The van der Waals surface area contributed by atoms with Crippen molar-refractivity contribution in [2.75, 3.05) is 20.1 Å². The molecule has 0 spiro atoms. The van der Waals surface area contributed by atoms with Gasteiger partial charge in [0.05, 0.1) is 5.92 Å². The van der Waals surface area contributed by atoms with E-state index in [4.69, 9.17) is 0 Å². The molecule has 3 heteroatoms. The van der Waals surface area contributed by atoms with E-state index >= 15 is 0 Å². The average molecular weight is 274 g/mol. The lowest BCUT2D eigenvalue weighted by molar-refractivity contribution is -0.134. The van der Waals surface area contributed by atoms with Crippen LogP contribution < -0.4 is 5.32 Å². The zero-order chi connectivity index (χ0) is 14.4. The maximum atomic E-state index is 12.3. The first kappa shape index (κ1) is 15.0. The third-order valence-electron chi connectivity index (χ3n) is 4.27. The van der Waals surface area contributed by atoms with Crippen LogP contribution in [0.15, 0.2) is 30.3 Å². The van der Waals surface area contributed by atoms with Gasteiger partial charge in [-0.05, 0) is 44.7 Å². The van der Waals surface area contributed by atoms with Gasteiger partial charge in [0.2, 0.25) is 5.91 Å². The number of hydrogen-bond donors (Lipinski definition) is 1. The molecule has 2 unspecified atom stereocenters. The fourth-order valence-corrected chi connectivity index (χ4v) is 2.91. The van der Waals surface area contributed by atoms with Gasteiger partial charge >= 0.3 is 0 Å². The zero-order valence-corrected chi connectivity index (χ0v) is 12.6. The Kier molecular flexibility index (Phi) is 5.60. The number of carbonyl (C=O) groups excluding carboxylic acids is 1. The van der Waals surface area contributed by atoms with Crippen molar-refractivity contribution in [1.29, 1.82) is 0 Å². The van der Waals surface area contributed by atoms with Gasteiger partial charge < -0.3 is 10.2 Å². The minimum atomic E-state index is 0.175. The van der Waals surface area contributed by atoms with Crippen molar-refractivity contribution in [2.24, 2.45) is 5.92 Å². The lowest BCUT2D eigenvalue weighted by Gasteiger charge is -2.23. The molecule has 1 aromatic carbocycles. The van der Waals surface area contributed by atoms with E-state index in [1.165, 1.54) is 5.56 Å². The van der Waals surface area contributed by atoms with Crippen molar-refractivity contribution in [3.63, 3.8) is 0 Å². The van der Waals surface area contributed by atoms with Gasteiger partial charge in [0.25, 0.3) is 0 Å². The molecule has 0 radical (unpaired) electrons. The quantitative estimate of drug-likeness (QED) is 0.808. The smallest absolute Gasteiger partial charge is 0.227 e. The summed E-state index contributed by atoms with van der Waals surface area (Å²) in [4.78, 5) is 14.2. The second-order valence-corrected chi connectivity index (χ2v) is 5.84. The molecule has 1 aliphatic heterocycles. The Morgan fingerprint density at radius 3 is 2.70 bits per heavy atom. The van der Waals surface area contributed by atoms with Crippen LogP contribution in [0.5, 0.6) is 0 Å². The molecular weight excluding hydrogens is 248 g/mol. The zero-order valence-electron chi connectivity index (χ0n) is 12.6. The molecule has 0 bridgehead atoms. The Morgan fingerprint density at radius 1 is 1.30 bits per heavy atom. The third kappa shape index (κ3) is 4.07. The number of rotatable bonds is 6. The van der Waals surface area contributed by atoms with E-state index < -0.39 is 0 Å². The minimum absolute atomic E-state index is 0.175. The van der Waals surface area contributed by atoms with Crippen LogP contribution in [0.2, 0.25) is 0 Å². The van der Waals surface area contributed by atoms with E-state index in [2.05, 4.69) is 36.5 Å². The molecule has 0 aliphatic carbocycles. The van der Waals surface area contributed by atoms with E-state index in [1.54, 1.807) is 0 Å². The van der Waals surface area contributed by atoms with Crippen molar-refractivity contribution < 1.29 is 4.79 Å². The van der Waals surface area contributed by atoms with E-state index in [1.807, 2.05) is 18.0 Å². The van der Waals surface area contributed by atoms with E-state index in [9.17, 15) is 4.79 Å². The summed E-state index contributed by atoms with van der Waals surface area (Å²) < 4.78 is 0. The molecule has 1 aliphatic rings. The summed E-state index contributed by atoms with van der Waals surface area (Å²) in [6.07, 6.45) is 4.30. The summed E-state index contributed by atoms with van der Waals surface area (Å²) in [5.74, 6) is 0.483. The van der Waals surface area contributed by atoms with Gasteiger partial charge in [-0.25, -0.2) is 0 Å². The van der Waals surface area contributed by atoms with Gasteiger partial charge in [-0.3, -0.25) is 4.79 Å².